The maximum atomic E-state index is 10.6. The van der Waals surface area contributed by atoms with Gasteiger partial charge in [-0.2, -0.15) is 0 Å². The van der Waals surface area contributed by atoms with E-state index < -0.39 is 10.9 Å². The van der Waals surface area contributed by atoms with E-state index in [4.69, 9.17) is 5.11 Å². The van der Waals surface area contributed by atoms with Crippen LogP contribution in [0.1, 0.15) is 5.82 Å². The number of nitrogens with one attached hydrogen (secondary N) is 1. The number of anilines is 1. The fourth-order valence-corrected chi connectivity index (χ4v) is 1.08. The Morgan fingerprint density at radius 1 is 1.73 bits per heavy atom. The molecule has 0 saturated heterocycles. The molecule has 15 heavy (non-hydrogen) atoms. The second-order valence-electron chi connectivity index (χ2n) is 2.89. The number of rotatable bonds is 4. The topological polar surface area (TPSA) is 110 Å². The maximum absolute atomic E-state index is 10.6. The molecule has 1 aromatic rings. The van der Waals surface area contributed by atoms with Crippen molar-refractivity contribution < 1.29 is 14.8 Å². The molecule has 8 heteroatoms. The van der Waals surface area contributed by atoms with Gasteiger partial charge in [0.15, 0.2) is 0 Å². The summed E-state index contributed by atoms with van der Waals surface area (Å²) in [6.07, 6.45) is 0. The molecule has 0 unspecified atom stereocenters. The number of aromatic nitrogens is 2. The molecule has 1 aromatic heterocycles. The number of carbonyl (C=O) groups is 1. The number of hydrogen-bond donors (Lipinski definition) is 2. The van der Waals surface area contributed by atoms with Crippen LogP contribution in [0.5, 0.6) is 0 Å². The molecule has 0 amide bonds. The molecule has 0 fully saturated rings. The predicted molar refractivity (Wildman–Crippen MR) is 50.7 cm³/mol. The summed E-state index contributed by atoms with van der Waals surface area (Å²) in [7, 11) is 1.57. The highest BCUT2D eigenvalue weighted by molar-refractivity contribution is 5.73. The minimum absolute atomic E-state index is 0.0971. The predicted octanol–water partition coefficient (Wildman–Crippen LogP) is 0.133. The lowest BCUT2D eigenvalue weighted by molar-refractivity contribution is -0.388. The molecule has 1 rings (SSSR count). The van der Waals surface area contributed by atoms with Gasteiger partial charge in [0.2, 0.25) is 11.6 Å². The molecule has 0 saturated carbocycles. The van der Waals surface area contributed by atoms with Crippen LogP contribution in [0.2, 0.25) is 0 Å². The van der Waals surface area contributed by atoms with Crippen LogP contribution in [0, 0.1) is 17.0 Å². The average Bonchev–Trinajstić information content (AvgIpc) is 2.41. The van der Waals surface area contributed by atoms with Crippen LogP contribution in [-0.2, 0) is 11.8 Å². The average molecular weight is 214 g/mol. The Kier molecular flexibility index (Phi) is 2.88. The quantitative estimate of drug-likeness (QED) is 0.544. The van der Waals surface area contributed by atoms with Crippen LogP contribution in [0.4, 0.5) is 11.6 Å². The summed E-state index contributed by atoms with van der Waals surface area (Å²) in [4.78, 5) is 23.9. The van der Waals surface area contributed by atoms with Gasteiger partial charge in [0.25, 0.3) is 0 Å². The van der Waals surface area contributed by atoms with E-state index >= 15 is 0 Å². The van der Waals surface area contributed by atoms with Crippen LogP contribution < -0.4 is 5.32 Å². The van der Waals surface area contributed by atoms with Crippen molar-refractivity contribution in [1.29, 1.82) is 0 Å². The Labute approximate surface area is 84.7 Å². The highest BCUT2D eigenvalue weighted by Crippen LogP contribution is 2.23. The number of nitrogens with zero attached hydrogens (tertiary/aromatic N) is 3. The standard InChI is InChI=1S/C7H10N4O4/c1-4-9-7(11(14)15)6(10(4)2)8-3-5(12)13/h8H,3H2,1-2H3,(H,12,13). The van der Waals surface area contributed by atoms with Gasteiger partial charge in [-0.05, 0) is 9.91 Å². The number of aliphatic carboxylic acids is 1. The van der Waals surface area contributed by atoms with Crippen molar-refractivity contribution in [2.45, 2.75) is 6.92 Å². The molecule has 0 aliphatic rings. The van der Waals surface area contributed by atoms with E-state index in [2.05, 4.69) is 10.3 Å². The monoisotopic (exact) mass is 214 g/mol. The largest absolute Gasteiger partial charge is 0.480 e. The van der Waals surface area contributed by atoms with Gasteiger partial charge in [-0.3, -0.25) is 9.36 Å². The van der Waals surface area contributed by atoms with Gasteiger partial charge in [0, 0.05) is 14.0 Å². The summed E-state index contributed by atoms with van der Waals surface area (Å²) in [5.74, 6) is -0.922. The van der Waals surface area contributed by atoms with Crippen molar-refractivity contribution in [1.82, 2.24) is 9.55 Å². The van der Waals surface area contributed by atoms with Gasteiger partial charge in [0.05, 0.1) is 0 Å². The lowest BCUT2D eigenvalue weighted by Gasteiger charge is -2.03. The Hall–Kier alpha value is -2.12. The Morgan fingerprint density at radius 2 is 2.33 bits per heavy atom. The molecule has 0 bridgehead atoms. The maximum Gasteiger partial charge on any atom is 0.406 e. The zero-order valence-electron chi connectivity index (χ0n) is 8.22. The van der Waals surface area contributed by atoms with Crippen LogP contribution in [0.25, 0.3) is 0 Å². The molecule has 0 radical (unpaired) electrons. The number of hydrogen-bond acceptors (Lipinski definition) is 5. The number of imidazole rings is 1. The van der Waals surface area contributed by atoms with Crippen molar-refractivity contribution in [3.8, 4) is 0 Å². The van der Waals surface area contributed by atoms with Crippen LogP contribution in [-0.4, -0.2) is 32.1 Å². The Morgan fingerprint density at radius 3 is 2.80 bits per heavy atom. The summed E-state index contributed by atoms with van der Waals surface area (Å²) in [5, 5.41) is 21.5. The lowest BCUT2D eigenvalue weighted by Crippen LogP contribution is -2.15. The first-order valence-corrected chi connectivity index (χ1v) is 4.07. The van der Waals surface area contributed by atoms with Gasteiger partial charge in [-0.1, -0.05) is 0 Å². The van der Waals surface area contributed by atoms with Crippen molar-refractivity contribution >= 4 is 17.6 Å². The summed E-state index contributed by atoms with van der Waals surface area (Å²) >= 11 is 0. The van der Waals surface area contributed by atoms with Gasteiger partial charge >= 0.3 is 11.8 Å². The normalized spacial score (nSPS) is 10.0. The minimum Gasteiger partial charge on any atom is -0.480 e. The Balaban J connectivity index is 3.02. The molecular formula is C7H10N4O4. The zero-order valence-corrected chi connectivity index (χ0v) is 8.22. The highest BCUT2D eigenvalue weighted by atomic mass is 16.6. The summed E-state index contributed by atoms with van der Waals surface area (Å²) in [5.41, 5.74) is 0. The Bertz CT molecular complexity index is 411. The zero-order chi connectivity index (χ0) is 11.6. The highest BCUT2D eigenvalue weighted by Gasteiger charge is 2.23. The van der Waals surface area contributed by atoms with E-state index in [0.717, 1.165) is 0 Å². The van der Waals surface area contributed by atoms with E-state index in [9.17, 15) is 14.9 Å². The van der Waals surface area contributed by atoms with Crippen LogP contribution in [0.3, 0.4) is 0 Å². The third-order valence-corrected chi connectivity index (χ3v) is 1.88. The van der Waals surface area contributed by atoms with Gasteiger partial charge < -0.3 is 20.5 Å². The van der Waals surface area contributed by atoms with E-state index in [0.29, 0.717) is 5.82 Å². The number of aryl methyl sites for hydroxylation is 1. The van der Waals surface area contributed by atoms with Crippen molar-refractivity contribution in [3.63, 3.8) is 0 Å². The summed E-state index contributed by atoms with van der Waals surface area (Å²) in [6.45, 7) is 1.21. The van der Waals surface area contributed by atoms with Crippen molar-refractivity contribution in [2.75, 3.05) is 11.9 Å². The molecule has 0 atom stereocenters. The molecule has 0 spiro atoms. The summed E-state index contributed by atoms with van der Waals surface area (Å²) in [6, 6.07) is 0. The fourth-order valence-electron chi connectivity index (χ4n) is 1.08. The third kappa shape index (κ3) is 2.22. The molecule has 2 N–H and O–H groups in total. The van der Waals surface area contributed by atoms with E-state index in [-0.39, 0.29) is 18.2 Å². The van der Waals surface area contributed by atoms with Gasteiger partial charge in [-0.15, -0.1) is 0 Å². The lowest BCUT2D eigenvalue weighted by atomic mass is 10.5. The van der Waals surface area contributed by atoms with Crippen LogP contribution in [0.15, 0.2) is 0 Å². The molecular weight excluding hydrogens is 204 g/mol. The van der Waals surface area contributed by atoms with E-state index in [1.807, 2.05) is 0 Å². The number of nitro groups is 1. The second kappa shape index (κ2) is 3.95. The van der Waals surface area contributed by atoms with Crippen molar-refractivity contribution in [3.05, 3.63) is 15.9 Å². The first-order chi connectivity index (χ1) is 6.93. The third-order valence-electron chi connectivity index (χ3n) is 1.88. The number of carboxylic acids is 1. The first-order valence-electron chi connectivity index (χ1n) is 4.07. The molecule has 8 nitrogen and oxygen atoms in total. The smallest absolute Gasteiger partial charge is 0.406 e. The van der Waals surface area contributed by atoms with Crippen LogP contribution >= 0.6 is 0 Å². The molecule has 0 aliphatic carbocycles. The van der Waals surface area contributed by atoms with E-state index in [1.165, 1.54) is 4.57 Å². The van der Waals surface area contributed by atoms with E-state index in [1.54, 1.807) is 14.0 Å². The molecule has 0 aliphatic heterocycles. The minimum atomic E-state index is -1.09. The second-order valence-corrected chi connectivity index (χ2v) is 2.89. The van der Waals surface area contributed by atoms with Gasteiger partial charge in [-0.25, -0.2) is 0 Å². The molecule has 1 heterocycles. The fraction of sp³-hybridized carbons (Fsp3) is 0.429. The molecule has 82 valence electrons. The molecule has 0 aromatic carbocycles. The first kappa shape index (κ1) is 11.0. The number of carboxylic acid groups (broad SMARTS) is 1. The SMILES string of the molecule is Cc1nc([N+](=O)[O-])c(NCC(=O)O)n1C. The van der Waals surface area contributed by atoms with Crippen molar-refractivity contribution in [2.24, 2.45) is 7.05 Å². The summed E-state index contributed by atoms with van der Waals surface area (Å²) < 4.78 is 1.43. The van der Waals surface area contributed by atoms with Gasteiger partial charge in [0.1, 0.15) is 6.54 Å².